The highest BCUT2D eigenvalue weighted by Crippen LogP contribution is 2.38. The van der Waals surface area contributed by atoms with Gasteiger partial charge < -0.3 is 5.32 Å². The van der Waals surface area contributed by atoms with Crippen molar-refractivity contribution in [1.29, 1.82) is 0 Å². The SMILES string of the molecule is CCCCC(C)N1C2CCC1CC(NCC)C2. The van der Waals surface area contributed by atoms with Crippen LogP contribution in [0.25, 0.3) is 0 Å². The molecule has 0 radical (unpaired) electrons. The normalized spacial score (nSPS) is 35.1. The van der Waals surface area contributed by atoms with E-state index in [-0.39, 0.29) is 0 Å². The summed E-state index contributed by atoms with van der Waals surface area (Å²) in [4.78, 5) is 2.86. The lowest BCUT2D eigenvalue weighted by atomic mass is 9.94. The summed E-state index contributed by atoms with van der Waals surface area (Å²) in [7, 11) is 0. The van der Waals surface area contributed by atoms with Crippen molar-refractivity contribution in [2.45, 2.75) is 89.9 Å². The Labute approximate surface area is 107 Å². The molecular formula is C15H30N2. The lowest BCUT2D eigenvalue weighted by Crippen LogP contribution is -2.52. The van der Waals surface area contributed by atoms with Crippen molar-refractivity contribution < 1.29 is 0 Å². The first-order valence-electron chi connectivity index (χ1n) is 7.77. The van der Waals surface area contributed by atoms with Gasteiger partial charge in [-0.25, -0.2) is 0 Å². The van der Waals surface area contributed by atoms with E-state index in [1.807, 2.05) is 0 Å². The van der Waals surface area contributed by atoms with Crippen LogP contribution < -0.4 is 5.32 Å². The molecule has 2 heteroatoms. The van der Waals surface area contributed by atoms with Crippen LogP contribution >= 0.6 is 0 Å². The van der Waals surface area contributed by atoms with Gasteiger partial charge in [0.15, 0.2) is 0 Å². The molecule has 0 aromatic carbocycles. The number of rotatable bonds is 6. The quantitative estimate of drug-likeness (QED) is 0.764. The summed E-state index contributed by atoms with van der Waals surface area (Å²) in [5.74, 6) is 0. The van der Waals surface area contributed by atoms with Crippen molar-refractivity contribution in [3.8, 4) is 0 Å². The molecule has 2 rings (SSSR count). The fraction of sp³-hybridized carbons (Fsp3) is 1.00. The lowest BCUT2D eigenvalue weighted by Gasteiger charge is -2.43. The van der Waals surface area contributed by atoms with E-state index >= 15 is 0 Å². The molecule has 2 nitrogen and oxygen atoms in total. The number of piperidine rings is 1. The Morgan fingerprint density at radius 2 is 1.82 bits per heavy atom. The van der Waals surface area contributed by atoms with Crippen LogP contribution in [0.3, 0.4) is 0 Å². The lowest BCUT2D eigenvalue weighted by molar-refractivity contribution is 0.0728. The second kappa shape index (κ2) is 6.19. The van der Waals surface area contributed by atoms with Crippen molar-refractivity contribution in [1.82, 2.24) is 10.2 Å². The average Bonchev–Trinajstić information content (AvgIpc) is 2.59. The maximum Gasteiger partial charge on any atom is 0.0116 e. The van der Waals surface area contributed by atoms with Crippen molar-refractivity contribution in [3.63, 3.8) is 0 Å². The van der Waals surface area contributed by atoms with Crippen molar-refractivity contribution in [2.75, 3.05) is 6.54 Å². The number of nitrogens with zero attached hydrogens (tertiary/aromatic N) is 1. The van der Waals surface area contributed by atoms with Crippen molar-refractivity contribution in [3.05, 3.63) is 0 Å². The van der Waals surface area contributed by atoms with Gasteiger partial charge in [-0.2, -0.15) is 0 Å². The highest BCUT2D eigenvalue weighted by Gasteiger charge is 2.42. The Morgan fingerprint density at radius 1 is 1.18 bits per heavy atom. The van der Waals surface area contributed by atoms with Gasteiger partial charge in [-0.1, -0.05) is 26.7 Å². The van der Waals surface area contributed by atoms with Gasteiger partial charge in [-0.15, -0.1) is 0 Å². The zero-order valence-electron chi connectivity index (χ0n) is 11.9. The molecule has 2 aliphatic heterocycles. The zero-order chi connectivity index (χ0) is 12.3. The highest BCUT2D eigenvalue weighted by atomic mass is 15.3. The molecule has 0 spiro atoms. The Morgan fingerprint density at radius 3 is 2.35 bits per heavy atom. The van der Waals surface area contributed by atoms with E-state index in [2.05, 4.69) is 31.0 Å². The molecule has 2 fully saturated rings. The number of nitrogens with one attached hydrogen (secondary N) is 1. The summed E-state index contributed by atoms with van der Waals surface area (Å²) >= 11 is 0. The smallest absolute Gasteiger partial charge is 0.0116 e. The summed E-state index contributed by atoms with van der Waals surface area (Å²) in [6.45, 7) is 8.13. The van der Waals surface area contributed by atoms with E-state index in [1.165, 1.54) is 44.9 Å². The molecule has 17 heavy (non-hydrogen) atoms. The van der Waals surface area contributed by atoms with Crippen LogP contribution in [0.15, 0.2) is 0 Å². The van der Waals surface area contributed by atoms with Crippen molar-refractivity contribution in [2.24, 2.45) is 0 Å². The largest absolute Gasteiger partial charge is 0.314 e. The van der Waals surface area contributed by atoms with E-state index in [1.54, 1.807) is 0 Å². The molecule has 2 aliphatic rings. The molecule has 0 aliphatic carbocycles. The third kappa shape index (κ3) is 3.03. The Balaban J connectivity index is 1.89. The summed E-state index contributed by atoms with van der Waals surface area (Å²) in [6, 6.07) is 3.37. The predicted molar refractivity (Wildman–Crippen MR) is 74.3 cm³/mol. The summed E-state index contributed by atoms with van der Waals surface area (Å²) < 4.78 is 0. The van der Waals surface area contributed by atoms with Gasteiger partial charge in [-0.3, -0.25) is 4.90 Å². The number of hydrogen-bond donors (Lipinski definition) is 1. The van der Waals surface area contributed by atoms with Crippen LogP contribution in [0.1, 0.15) is 65.7 Å². The molecule has 2 heterocycles. The first-order chi connectivity index (χ1) is 8.26. The predicted octanol–water partition coefficient (Wildman–Crippen LogP) is 3.17. The van der Waals surface area contributed by atoms with Crippen LogP contribution in [0, 0.1) is 0 Å². The van der Waals surface area contributed by atoms with E-state index in [0.717, 1.165) is 30.7 Å². The molecular weight excluding hydrogens is 208 g/mol. The second-order valence-corrected chi connectivity index (χ2v) is 6.05. The zero-order valence-corrected chi connectivity index (χ0v) is 11.9. The molecule has 2 saturated heterocycles. The van der Waals surface area contributed by atoms with Gasteiger partial charge in [0, 0.05) is 24.2 Å². The summed E-state index contributed by atoms with van der Waals surface area (Å²) in [6.07, 6.45) is 9.81. The third-order valence-electron chi connectivity index (χ3n) is 4.77. The maximum atomic E-state index is 3.66. The van der Waals surface area contributed by atoms with Crippen LogP contribution in [-0.2, 0) is 0 Å². The maximum absolute atomic E-state index is 3.66. The monoisotopic (exact) mass is 238 g/mol. The molecule has 3 unspecified atom stereocenters. The van der Waals surface area contributed by atoms with Crippen LogP contribution in [0.4, 0.5) is 0 Å². The Kier molecular flexibility index (Phi) is 4.87. The minimum Gasteiger partial charge on any atom is -0.314 e. The number of hydrogen-bond acceptors (Lipinski definition) is 2. The van der Waals surface area contributed by atoms with Gasteiger partial charge in [-0.05, 0) is 45.6 Å². The minimum absolute atomic E-state index is 0.798. The van der Waals surface area contributed by atoms with E-state index in [9.17, 15) is 0 Å². The molecule has 2 bridgehead atoms. The molecule has 0 saturated carbocycles. The second-order valence-electron chi connectivity index (χ2n) is 6.05. The van der Waals surface area contributed by atoms with Crippen LogP contribution in [-0.4, -0.2) is 35.6 Å². The standard InChI is InChI=1S/C15H30N2/c1-4-6-7-12(3)17-14-8-9-15(17)11-13(10-14)16-5-2/h12-16H,4-11H2,1-3H3. The van der Waals surface area contributed by atoms with Gasteiger partial charge in [0.05, 0.1) is 0 Å². The van der Waals surface area contributed by atoms with Crippen molar-refractivity contribution >= 4 is 0 Å². The Bertz CT molecular complexity index is 215. The average molecular weight is 238 g/mol. The molecule has 1 N–H and O–H groups in total. The molecule has 100 valence electrons. The van der Waals surface area contributed by atoms with Gasteiger partial charge in [0.2, 0.25) is 0 Å². The van der Waals surface area contributed by atoms with Gasteiger partial charge in [0.25, 0.3) is 0 Å². The molecule has 3 atom stereocenters. The molecule has 0 aromatic rings. The Hall–Kier alpha value is -0.0800. The highest BCUT2D eigenvalue weighted by molar-refractivity contribution is 4.99. The number of unbranched alkanes of at least 4 members (excludes halogenated alkanes) is 1. The summed E-state index contributed by atoms with van der Waals surface area (Å²) in [5, 5.41) is 3.66. The third-order valence-corrected chi connectivity index (χ3v) is 4.77. The summed E-state index contributed by atoms with van der Waals surface area (Å²) in [5.41, 5.74) is 0. The molecule has 0 aromatic heterocycles. The van der Waals surface area contributed by atoms with E-state index in [0.29, 0.717) is 0 Å². The minimum atomic E-state index is 0.798. The van der Waals surface area contributed by atoms with Gasteiger partial charge >= 0.3 is 0 Å². The first kappa shape index (κ1) is 13.4. The van der Waals surface area contributed by atoms with E-state index in [4.69, 9.17) is 0 Å². The first-order valence-corrected chi connectivity index (χ1v) is 7.77. The topological polar surface area (TPSA) is 15.3 Å². The number of fused-ring (bicyclic) bond motifs is 2. The van der Waals surface area contributed by atoms with Gasteiger partial charge in [0.1, 0.15) is 0 Å². The van der Waals surface area contributed by atoms with E-state index < -0.39 is 0 Å². The fourth-order valence-electron chi connectivity index (χ4n) is 4.04. The van der Waals surface area contributed by atoms with Crippen LogP contribution in [0.5, 0.6) is 0 Å². The fourth-order valence-corrected chi connectivity index (χ4v) is 4.04. The molecule has 0 amide bonds. The van der Waals surface area contributed by atoms with Crippen LogP contribution in [0.2, 0.25) is 0 Å².